The van der Waals surface area contributed by atoms with Gasteiger partial charge in [-0.3, -0.25) is 0 Å². The Kier molecular flexibility index (Phi) is 4.40. The molecule has 1 aliphatic rings. The first-order chi connectivity index (χ1) is 8.24. The van der Waals surface area contributed by atoms with Crippen LogP contribution in [0, 0.1) is 5.92 Å². The van der Waals surface area contributed by atoms with Crippen molar-refractivity contribution in [2.75, 3.05) is 25.0 Å². The molecule has 2 rings (SSSR count). The molecule has 1 aliphatic heterocycles. The summed E-state index contributed by atoms with van der Waals surface area (Å²) in [5.74, 6) is 0.811. The van der Waals surface area contributed by atoms with Gasteiger partial charge in [-0.05, 0) is 32.2 Å². The summed E-state index contributed by atoms with van der Waals surface area (Å²) < 4.78 is 0. The molecular formula is C13H23N3S. The first-order valence-corrected chi connectivity index (χ1v) is 7.44. The van der Waals surface area contributed by atoms with E-state index in [1.54, 1.807) is 0 Å². The number of nitrogens with one attached hydrogen (secondary N) is 1. The average Bonchev–Trinajstić information content (AvgIpc) is 2.73. The van der Waals surface area contributed by atoms with Gasteiger partial charge in [0.05, 0.1) is 5.69 Å². The standard InChI is InChI=1S/C13H23N3S/c1-4-11-12(8-14-3)17-13(15-11)16-7-5-6-10(2)9-16/h10,14H,4-9H2,1-3H3. The fourth-order valence-corrected chi connectivity index (χ4v) is 3.64. The minimum absolute atomic E-state index is 0.811. The molecule has 1 saturated heterocycles. The summed E-state index contributed by atoms with van der Waals surface area (Å²) in [7, 11) is 2.00. The van der Waals surface area contributed by atoms with E-state index in [0.29, 0.717) is 0 Å². The van der Waals surface area contributed by atoms with Gasteiger partial charge in [0.25, 0.3) is 0 Å². The van der Waals surface area contributed by atoms with Crippen LogP contribution in [-0.4, -0.2) is 25.1 Å². The maximum Gasteiger partial charge on any atom is 0.185 e. The zero-order valence-corrected chi connectivity index (χ0v) is 11.9. The smallest absolute Gasteiger partial charge is 0.185 e. The summed E-state index contributed by atoms with van der Waals surface area (Å²) in [6.45, 7) is 7.84. The van der Waals surface area contributed by atoms with Gasteiger partial charge in [-0.15, -0.1) is 11.3 Å². The van der Waals surface area contributed by atoms with Crippen LogP contribution in [0.2, 0.25) is 0 Å². The number of piperidine rings is 1. The fraction of sp³-hybridized carbons (Fsp3) is 0.769. The lowest BCUT2D eigenvalue weighted by Gasteiger charge is -2.30. The van der Waals surface area contributed by atoms with E-state index in [1.165, 1.54) is 41.6 Å². The second kappa shape index (κ2) is 5.83. The number of nitrogens with zero attached hydrogens (tertiary/aromatic N) is 2. The Morgan fingerprint density at radius 2 is 2.35 bits per heavy atom. The van der Waals surface area contributed by atoms with E-state index < -0.39 is 0 Å². The summed E-state index contributed by atoms with van der Waals surface area (Å²) in [5, 5.41) is 4.47. The van der Waals surface area contributed by atoms with Gasteiger partial charge in [0, 0.05) is 24.5 Å². The van der Waals surface area contributed by atoms with E-state index in [1.807, 2.05) is 18.4 Å². The van der Waals surface area contributed by atoms with E-state index in [4.69, 9.17) is 4.98 Å². The van der Waals surface area contributed by atoms with E-state index in [0.717, 1.165) is 18.9 Å². The quantitative estimate of drug-likeness (QED) is 0.894. The molecule has 0 bridgehead atoms. The number of aromatic nitrogens is 1. The molecule has 96 valence electrons. The van der Waals surface area contributed by atoms with E-state index >= 15 is 0 Å². The number of anilines is 1. The molecule has 4 heteroatoms. The molecule has 0 amide bonds. The van der Waals surface area contributed by atoms with Crippen LogP contribution in [0.15, 0.2) is 0 Å². The number of rotatable bonds is 4. The lowest BCUT2D eigenvalue weighted by molar-refractivity contribution is 0.446. The van der Waals surface area contributed by atoms with E-state index in [9.17, 15) is 0 Å². The van der Waals surface area contributed by atoms with Crippen molar-refractivity contribution in [3.63, 3.8) is 0 Å². The predicted molar refractivity (Wildman–Crippen MR) is 74.9 cm³/mol. The third-order valence-corrected chi connectivity index (χ3v) is 4.53. The van der Waals surface area contributed by atoms with Crippen molar-refractivity contribution in [2.24, 2.45) is 5.92 Å². The highest BCUT2D eigenvalue weighted by Gasteiger charge is 2.20. The second-order valence-electron chi connectivity index (χ2n) is 4.94. The van der Waals surface area contributed by atoms with Crippen molar-refractivity contribution in [2.45, 2.75) is 39.7 Å². The van der Waals surface area contributed by atoms with Gasteiger partial charge < -0.3 is 10.2 Å². The summed E-state index contributed by atoms with van der Waals surface area (Å²) in [6, 6.07) is 0. The first kappa shape index (κ1) is 12.8. The number of hydrogen-bond donors (Lipinski definition) is 1. The van der Waals surface area contributed by atoms with Gasteiger partial charge in [0.15, 0.2) is 5.13 Å². The molecule has 0 saturated carbocycles. The molecule has 1 unspecified atom stereocenters. The molecule has 17 heavy (non-hydrogen) atoms. The van der Waals surface area contributed by atoms with Crippen LogP contribution in [0.4, 0.5) is 5.13 Å². The van der Waals surface area contributed by atoms with Crippen LogP contribution in [0.5, 0.6) is 0 Å². The van der Waals surface area contributed by atoms with Crippen molar-refractivity contribution in [3.8, 4) is 0 Å². The maximum atomic E-state index is 4.81. The molecule has 0 aliphatic carbocycles. The third kappa shape index (κ3) is 2.99. The van der Waals surface area contributed by atoms with Crippen LogP contribution in [0.1, 0.15) is 37.3 Å². The van der Waals surface area contributed by atoms with Gasteiger partial charge in [0.1, 0.15) is 0 Å². The molecule has 2 heterocycles. The highest BCUT2D eigenvalue weighted by Crippen LogP contribution is 2.30. The molecule has 1 aromatic rings. The van der Waals surface area contributed by atoms with Gasteiger partial charge in [-0.25, -0.2) is 4.98 Å². The average molecular weight is 253 g/mol. The normalized spacial score (nSPS) is 20.9. The topological polar surface area (TPSA) is 28.2 Å². The molecule has 1 aromatic heterocycles. The minimum Gasteiger partial charge on any atom is -0.348 e. The van der Waals surface area contributed by atoms with Crippen molar-refractivity contribution < 1.29 is 0 Å². The van der Waals surface area contributed by atoms with Crippen molar-refractivity contribution in [3.05, 3.63) is 10.6 Å². The molecule has 1 fully saturated rings. The van der Waals surface area contributed by atoms with Crippen molar-refractivity contribution in [1.29, 1.82) is 0 Å². The summed E-state index contributed by atoms with van der Waals surface area (Å²) >= 11 is 1.87. The zero-order valence-electron chi connectivity index (χ0n) is 11.1. The Morgan fingerprint density at radius 1 is 1.53 bits per heavy atom. The molecular weight excluding hydrogens is 230 g/mol. The second-order valence-corrected chi connectivity index (χ2v) is 6.01. The SMILES string of the molecule is CCc1nc(N2CCCC(C)C2)sc1CNC. The summed E-state index contributed by atoms with van der Waals surface area (Å²) in [5.41, 5.74) is 1.28. The van der Waals surface area contributed by atoms with Crippen LogP contribution in [-0.2, 0) is 13.0 Å². The fourth-order valence-electron chi connectivity index (χ4n) is 2.44. The lowest BCUT2D eigenvalue weighted by Crippen LogP contribution is -2.34. The summed E-state index contributed by atoms with van der Waals surface area (Å²) in [4.78, 5) is 8.69. The molecule has 1 atom stereocenters. The summed E-state index contributed by atoms with van der Waals surface area (Å²) in [6.07, 6.45) is 3.71. The number of aryl methyl sites for hydroxylation is 1. The van der Waals surface area contributed by atoms with Crippen LogP contribution in [0.25, 0.3) is 0 Å². The Morgan fingerprint density at radius 3 is 3.00 bits per heavy atom. The zero-order chi connectivity index (χ0) is 12.3. The molecule has 0 aromatic carbocycles. The first-order valence-electron chi connectivity index (χ1n) is 6.62. The van der Waals surface area contributed by atoms with Gasteiger partial charge in [-0.1, -0.05) is 13.8 Å². The van der Waals surface area contributed by atoms with Gasteiger partial charge >= 0.3 is 0 Å². The third-order valence-electron chi connectivity index (χ3n) is 3.37. The maximum absolute atomic E-state index is 4.81. The van der Waals surface area contributed by atoms with E-state index in [2.05, 4.69) is 24.1 Å². The van der Waals surface area contributed by atoms with Crippen LogP contribution < -0.4 is 10.2 Å². The Hall–Kier alpha value is -0.610. The minimum atomic E-state index is 0.811. The molecule has 3 nitrogen and oxygen atoms in total. The molecule has 0 spiro atoms. The Labute approximate surface area is 108 Å². The van der Waals surface area contributed by atoms with Crippen molar-refractivity contribution >= 4 is 16.5 Å². The van der Waals surface area contributed by atoms with Crippen molar-refractivity contribution in [1.82, 2.24) is 10.3 Å². The van der Waals surface area contributed by atoms with Crippen LogP contribution in [0.3, 0.4) is 0 Å². The Balaban J connectivity index is 2.14. The van der Waals surface area contributed by atoms with Gasteiger partial charge in [-0.2, -0.15) is 0 Å². The van der Waals surface area contributed by atoms with E-state index in [-0.39, 0.29) is 0 Å². The highest BCUT2D eigenvalue weighted by atomic mass is 32.1. The van der Waals surface area contributed by atoms with Crippen LogP contribution >= 0.6 is 11.3 Å². The monoisotopic (exact) mass is 253 g/mol. The highest BCUT2D eigenvalue weighted by molar-refractivity contribution is 7.15. The number of thiazole rings is 1. The van der Waals surface area contributed by atoms with Gasteiger partial charge in [0.2, 0.25) is 0 Å². The largest absolute Gasteiger partial charge is 0.348 e. The lowest BCUT2D eigenvalue weighted by atomic mass is 10.0. The Bertz CT molecular complexity index is 362. The predicted octanol–water partition coefficient (Wildman–Crippen LogP) is 2.66. The number of hydrogen-bond acceptors (Lipinski definition) is 4. The molecule has 1 N–H and O–H groups in total. The molecule has 0 radical (unpaired) electrons.